The van der Waals surface area contributed by atoms with Gasteiger partial charge in [-0.2, -0.15) is 0 Å². The van der Waals surface area contributed by atoms with Crippen LogP contribution < -0.4 is 5.32 Å². The van der Waals surface area contributed by atoms with E-state index < -0.39 is 6.10 Å². The van der Waals surface area contributed by atoms with E-state index in [4.69, 9.17) is 0 Å². The van der Waals surface area contributed by atoms with E-state index in [1.807, 2.05) is 25.3 Å². The van der Waals surface area contributed by atoms with E-state index in [9.17, 15) is 14.7 Å². The van der Waals surface area contributed by atoms with Crippen molar-refractivity contribution in [3.8, 4) is 0 Å². The molecule has 0 aliphatic carbocycles. The summed E-state index contributed by atoms with van der Waals surface area (Å²) >= 11 is 1.38. The van der Waals surface area contributed by atoms with Crippen molar-refractivity contribution in [1.29, 1.82) is 0 Å². The minimum Gasteiger partial charge on any atom is -0.391 e. The molecule has 2 N–H and O–H groups in total. The molecule has 1 rings (SSSR count). The number of hydrogen-bond donors (Lipinski definition) is 2. The van der Waals surface area contributed by atoms with E-state index in [-0.39, 0.29) is 37.0 Å². The lowest BCUT2D eigenvalue weighted by atomic mass is 10.1. The molecule has 0 radical (unpaired) electrons. The number of aliphatic hydroxyl groups excluding tert-OH is 1. The number of amides is 1. The Kier molecular flexibility index (Phi) is 6.01. The van der Waals surface area contributed by atoms with Gasteiger partial charge >= 0.3 is 0 Å². The average molecular weight is 269 g/mol. The van der Waals surface area contributed by atoms with E-state index in [1.54, 1.807) is 6.07 Å². The first-order chi connectivity index (χ1) is 8.50. The van der Waals surface area contributed by atoms with Crippen LogP contribution in [-0.4, -0.2) is 29.4 Å². The maximum Gasteiger partial charge on any atom is 0.220 e. The number of hydrogen-bond acceptors (Lipinski definition) is 4. The molecule has 1 unspecified atom stereocenters. The van der Waals surface area contributed by atoms with Crippen LogP contribution in [0.4, 0.5) is 0 Å². The Balaban J connectivity index is 2.23. The quantitative estimate of drug-likeness (QED) is 0.742. The number of carbonyl (C=O) groups excluding carboxylic acids is 2. The number of aliphatic hydroxyl groups is 1. The maximum atomic E-state index is 11.6. The predicted molar refractivity (Wildman–Crippen MR) is 71.7 cm³/mol. The molecule has 0 aliphatic rings. The van der Waals surface area contributed by atoms with E-state index >= 15 is 0 Å². The van der Waals surface area contributed by atoms with E-state index in [1.165, 1.54) is 11.3 Å². The zero-order valence-electron chi connectivity index (χ0n) is 10.7. The third kappa shape index (κ3) is 4.98. The highest BCUT2D eigenvalue weighted by Crippen LogP contribution is 2.12. The summed E-state index contributed by atoms with van der Waals surface area (Å²) in [5.74, 6) is -0.0952. The average Bonchev–Trinajstić information content (AvgIpc) is 2.86. The van der Waals surface area contributed by atoms with Crippen LogP contribution in [0.25, 0.3) is 0 Å². The van der Waals surface area contributed by atoms with Crippen LogP contribution in [0, 0.1) is 5.92 Å². The summed E-state index contributed by atoms with van der Waals surface area (Å²) in [4.78, 5) is 23.8. The normalized spacial score (nSPS) is 12.4. The summed E-state index contributed by atoms with van der Waals surface area (Å²) < 4.78 is 0. The molecule has 1 aromatic rings. The van der Waals surface area contributed by atoms with Gasteiger partial charge in [0, 0.05) is 19.4 Å². The van der Waals surface area contributed by atoms with Crippen molar-refractivity contribution in [2.24, 2.45) is 5.92 Å². The number of Topliss-reactive ketones (excluding diaryl/α,β-unsaturated/α-hetero) is 1. The topological polar surface area (TPSA) is 66.4 Å². The van der Waals surface area contributed by atoms with Crippen LogP contribution in [0.1, 0.15) is 36.4 Å². The first-order valence-electron chi connectivity index (χ1n) is 6.02. The Labute approximate surface area is 111 Å². The first kappa shape index (κ1) is 14.9. The molecule has 1 heterocycles. The Morgan fingerprint density at radius 3 is 2.67 bits per heavy atom. The number of rotatable bonds is 7. The van der Waals surface area contributed by atoms with E-state index in [0.717, 1.165) is 0 Å². The molecule has 0 saturated carbocycles. The highest BCUT2D eigenvalue weighted by Gasteiger charge is 2.12. The van der Waals surface area contributed by atoms with Crippen molar-refractivity contribution in [1.82, 2.24) is 5.32 Å². The first-order valence-corrected chi connectivity index (χ1v) is 6.90. The fourth-order valence-corrected chi connectivity index (χ4v) is 2.02. The Bertz CT molecular complexity index is 387. The van der Waals surface area contributed by atoms with E-state index in [0.29, 0.717) is 4.88 Å². The highest BCUT2D eigenvalue weighted by atomic mass is 32.1. The Morgan fingerprint density at radius 1 is 1.39 bits per heavy atom. The number of thiophene rings is 1. The van der Waals surface area contributed by atoms with Crippen LogP contribution in [0.15, 0.2) is 17.5 Å². The minimum atomic E-state index is -0.540. The van der Waals surface area contributed by atoms with Gasteiger partial charge in [0.15, 0.2) is 5.78 Å². The molecular weight excluding hydrogens is 250 g/mol. The lowest BCUT2D eigenvalue weighted by Crippen LogP contribution is -2.34. The monoisotopic (exact) mass is 269 g/mol. The molecule has 1 aromatic heterocycles. The molecule has 18 heavy (non-hydrogen) atoms. The fraction of sp³-hybridized carbons (Fsp3) is 0.538. The Morgan fingerprint density at radius 2 is 2.11 bits per heavy atom. The molecule has 0 fully saturated rings. The van der Waals surface area contributed by atoms with Crippen molar-refractivity contribution < 1.29 is 14.7 Å². The summed E-state index contributed by atoms with van der Waals surface area (Å²) in [6.45, 7) is 4.01. The van der Waals surface area contributed by atoms with Crippen LogP contribution in [0.5, 0.6) is 0 Å². The molecule has 5 heteroatoms. The van der Waals surface area contributed by atoms with Gasteiger partial charge in [0.05, 0.1) is 11.0 Å². The fourth-order valence-electron chi connectivity index (χ4n) is 1.33. The van der Waals surface area contributed by atoms with Crippen LogP contribution in [0.3, 0.4) is 0 Å². The van der Waals surface area contributed by atoms with Gasteiger partial charge in [0.1, 0.15) is 0 Å². The molecule has 0 spiro atoms. The smallest absolute Gasteiger partial charge is 0.220 e. The lowest BCUT2D eigenvalue weighted by Gasteiger charge is -2.14. The summed E-state index contributed by atoms with van der Waals surface area (Å²) in [5.41, 5.74) is 0. The zero-order chi connectivity index (χ0) is 13.5. The van der Waals surface area contributed by atoms with Gasteiger partial charge in [-0.15, -0.1) is 11.3 Å². The summed E-state index contributed by atoms with van der Waals surface area (Å²) in [6, 6.07) is 3.57. The summed E-state index contributed by atoms with van der Waals surface area (Å²) in [7, 11) is 0. The number of ketones is 1. The predicted octanol–water partition coefficient (Wildman–Crippen LogP) is 1.84. The molecule has 0 aliphatic heterocycles. The second-order valence-electron chi connectivity index (χ2n) is 4.52. The second-order valence-corrected chi connectivity index (χ2v) is 5.46. The molecule has 0 saturated heterocycles. The van der Waals surface area contributed by atoms with Crippen molar-refractivity contribution in [3.05, 3.63) is 22.4 Å². The van der Waals surface area contributed by atoms with Crippen molar-refractivity contribution in [2.75, 3.05) is 6.54 Å². The summed E-state index contributed by atoms with van der Waals surface area (Å²) in [6.07, 6.45) is -0.159. The van der Waals surface area contributed by atoms with Gasteiger partial charge in [-0.05, 0) is 17.4 Å². The Hall–Kier alpha value is -1.20. The van der Waals surface area contributed by atoms with Gasteiger partial charge in [-0.1, -0.05) is 19.9 Å². The molecule has 0 aromatic carbocycles. The van der Waals surface area contributed by atoms with Gasteiger partial charge in [-0.3, -0.25) is 9.59 Å². The largest absolute Gasteiger partial charge is 0.391 e. The molecule has 4 nitrogen and oxygen atoms in total. The van der Waals surface area contributed by atoms with E-state index in [2.05, 4.69) is 5.32 Å². The standard InChI is InChI=1S/C13H19NO3S/c1-9(2)11(16)8-14-13(17)6-5-10(15)12-4-3-7-18-12/h3-4,7,9,11,16H,5-6,8H2,1-2H3,(H,14,17). The van der Waals surface area contributed by atoms with Gasteiger partial charge in [-0.25, -0.2) is 0 Å². The maximum absolute atomic E-state index is 11.6. The van der Waals surface area contributed by atoms with Crippen LogP contribution in [-0.2, 0) is 4.79 Å². The SMILES string of the molecule is CC(C)C(O)CNC(=O)CCC(=O)c1cccs1. The van der Waals surface area contributed by atoms with Crippen LogP contribution in [0.2, 0.25) is 0 Å². The molecule has 1 amide bonds. The zero-order valence-corrected chi connectivity index (χ0v) is 11.5. The van der Waals surface area contributed by atoms with Gasteiger partial charge < -0.3 is 10.4 Å². The third-order valence-electron chi connectivity index (χ3n) is 2.65. The number of carbonyl (C=O) groups is 2. The molecule has 1 atom stereocenters. The number of nitrogens with one attached hydrogen (secondary N) is 1. The van der Waals surface area contributed by atoms with Crippen LogP contribution >= 0.6 is 11.3 Å². The van der Waals surface area contributed by atoms with Crippen molar-refractivity contribution in [3.63, 3.8) is 0 Å². The van der Waals surface area contributed by atoms with Gasteiger partial charge in [0.2, 0.25) is 5.91 Å². The third-order valence-corrected chi connectivity index (χ3v) is 3.56. The van der Waals surface area contributed by atoms with Crippen molar-refractivity contribution >= 4 is 23.0 Å². The molecule has 100 valence electrons. The highest BCUT2D eigenvalue weighted by molar-refractivity contribution is 7.12. The minimum absolute atomic E-state index is 0.00967. The second kappa shape index (κ2) is 7.28. The lowest BCUT2D eigenvalue weighted by molar-refractivity contribution is -0.121. The summed E-state index contributed by atoms with van der Waals surface area (Å²) in [5, 5.41) is 14.0. The molecular formula is C13H19NO3S. The van der Waals surface area contributed by atoms with Gasteiger partial charge in [0.25, 0.3) is 0 Å². The van der Waals surface area contributed by atoms with Crippen molar-refractivity contribution in [2.45, 2.75) is 32.8 Å². The molecule has 0 bridgehead atoms.